The van der Waals surface area contributed by atoms with E-state index in [0.29, 0.717) is 5.82 Å². The number of nitrogens with one attached hydrogen (secondary N) is 1. The minimum atomic E-state index is -0.458. The molecule has 0 aromatic carbocycles. The lowest BCUT2D eigenvalue weighted by atomic mass is 9.91. The molecule has 0 bridgehead atoms. The van der Waals surface area contributed by atoms with Crippen molar-refractivity contribution in [3.63, 3.8) is 0 Å². The highest BCUT2D eigenvalue weighted by molar-refractivity contribution is 5.92. The summed E-state index contributed by atoms with van der Waals surface area (Å²) in [6, 6.07) is 3.01. The first-order chi connectivity index (χ1) is 9.13. The number of likely N-dealkylation sites (N-methyl/N-ethyl adjacent to an activating group) is 1. The number of hydrogen-bond acceptors (Lipinski definition) is 6. The fourth-order valence-electron chi connectivity index (χ4n) is 2.40. The van der Waals surface area contributed by atoms with Crippen LogP contribution < -0.4 is 11.3 Å². The maximum atomic E-state index is 12.2. The largest absolute Gasteiger partial charge is 0.391 e. The summed E-state index contributed by atoms with van der Waals surface area (Å²) >= 11 is 0. The summed E-state index contributed by atoms with van der Waals surface area (Å²) in [7, 11) is 1.69. The number of aliphatic hydroxyl groups excluding tert-OH is 1. The summed E-state index contributed by atoms with van der Waals surface area (Å²) in [6.07, 6.45) is 3.14. The van der Waals surface area contributed by atoms with E-state index >= 15 is 0 Å². The first-order valence-corrected chi connectivity index (χ1v) is 6.39. The molecular weight excluding hydrogens is 246 g/mol. The molecule has 0 aliphatic heterocycles. The summed E-state index contributed by atoms with van der Waals surface area (Å²) in [5, 5.41) is 17.6. The molecule has 1 fully saturated rings. The van der Waals surface area contributed by atoms with Crippen LogP contribution >= 0.6 is 0 Å². The standard InChI is InChI=1S/C12H19N5O2/c1-17(9-4-2-3-5-10(9)18)12(19)8-6-7-11(14-13)16-15-8/h6-7,9-10,18H,2-5,13H2,1H3,(H,14,16). The van der Waals surface area contributed by atoms with Crippen molar-refractivity contribution < 1.29 is 9.90 Å². The monoisotopic (exact) mass is 265 g/mol. The van der Waals surface area contributed by atoms with Gasteiger partial charge in [0.15, 0.2) is 11.5 Å². The third kappa shape index (κ3) is 2.99. The van der Waals surface area contributed by atoms with Crippen molar-refractivity contribution in [2.45, 2.75) is 37.8 Å². The topological polar surface area (TPSA) is 104 Å². The summed E-state index contributed by atoms with van der Waals surface area (Å²) < 4.78 is 0. The first kappa shape index (κ1) is 13.7. The number of nitrogens with two attached hydrogens (primary N) is 1. The zero-order chi connectivity index (χ0) is 13.8. The highest BCUT2D eigenvalue weighted by atomic mass is 16.3. The summed E-state index contributed by atoms with van der Waals surface area (Å²) in [5.74, 6) is 5.36. The molecule has 19 heavy (non-hydrogen) atoms. The number of hydrogen-bond donors (Lipinski definition) is 3. The van der Waals surface area contributed by atoms with E-state index in [2.05, 4.69) is 15.6 Å². The summed E-state index contributed by atoms with van der Waals surface area (Å²) in [5.41, 5.74) is 2.60. The fourth-order valence-corrected chi connectivity index (χ4v) is 2.40. The highest BCUT2D eigenvalue weighted by Gasteiger charge is 2.30. The van der Waals surface area contributed by atoms with Gasteiger partial charge in [0.25, 0.3) is 5.91 Å². The molecule has 1 aromatic rings. The van der Waals surface area contributed by atoms with Crippen LogP contribution in [-0.4, -0.2) is 45.3 Å². The van der Waals surface area contributed by atoms with Gasteiger partial charge in [-0.3, -0.25) is 4.79 Å². The van der Waals surface area contributed by atoms with Gasteiger partial charge in [-0.15, -0.1) is 10.2 Å². The fraction of sp³-hybridized carbons (Fsp3) is 0.583. The predicted molar refractivity (Wildman–Crippen MR) is 70.2 cm³/mol. The van der Waals surface area contributed by atoms with Crippen molar-refractivity contribution in [2.24, 2.45) is 5.84 Å². The maximum Gasteiger partial charge on any atom is 0.274 e. The number of nitrogens with zero attached hydrogens (tertiary/aromatic N) is 3. The minimum Gasteiger partial charge on any atom is -0.391 e. The van der Waals surface area contributed by atoms with E-state index in [9.17, 15) is 9.90 Å². The Labute approximate surface area is 111 Å². The Kier molecular flexibility index (Phi) is 4.28. The number of nitrogen functional groups attached to an aromatic ring is 1. The van der Waals surface area contributed by atoms with Crippen molar-refractivity contribution >= 4 is 11.7 Å². The number of aromatic nitrogens is 2. The molecule has 4 N–H and O–H groups in total. The van der Waals surface area contributed by atoms with Gasteiger partial charge < -0.3 is 15.4 Å². The van der Waals surface area contributed by atoms with Crippen molar-refractivity contribution in [1.29, 1.82) is 0 Å². The van der Waals surface area contributed by atoms with Crippen LogP contribution in [-0.2, 0) is 0 Å². The molecule has 1 aliphatic carbocycles. The highest BCUT2D eigenvalue weighted by Crippen LogP contribution is 2.23. The van der Waals surface area contributed by atoms with E-state index < -0.39 is 6.10 Å². The number of hydrazine groups is 1. The maximum absolute atomic E-state index is 12.2. The van der Waals surface area contributed by atoms with Gasteiger partial charge in [-0.1, -0.05) is 12.8 Å². The Morgan fingerprint density at radius 3 is 2.74 bits per heavy atom. The smallest absolute Gasteiger partial charge is 0.274 e. The zero-order valence-corrected chi connectivity index (χ0v) is 10.9. The van der Waals surface area contributed by atoms with Crippen LogP contribution in [0.1, 0.15) is 36.2 Å². The number of aliphatic hydroxyl groups is 1. The van der Waals surface area contributed by atoms with Crippen LogP contribution in [0.25, 0.3) is 0 Å². The number of rotatable bonds is 3. The van der Waals surface area contributed by atoms with Crippen LogP contribution in [0.15, 0.2) is 12.1 Å². The summed E-state index contributed by atoms with van der Waals surface area (Å²) in [6.45, 7) is 0. The quantitative estimate of drug-likeness (QED) is 0.530. The number of amides is 1. The Hall–Kier alpha value is -1.73. The van der Waals surface area contributed by atoms with Crippen molar-refractivity contribution in [2.75, 3.05) is 12.5 Å². The number of anilines is 1. The zero-order valence-electron chi connectivity index (χ0n) is 10.9. The lowest BCUT2D eigenvalue weighted by Crippen LogP contribution is -2.46. The van der Waals surface area contributed by atoms with Gasteiger partial charge in [0.05, 0.1) is 12.1 Å². The average Bonchev–Trinajstić information content (AvgIpc) is 2.46. The third-order valence-corrected chi connectivity index (χ3v) is 3.54. The Morgan fingerprint density at radius 2 is 2.16 bits per heavy atom. The molecule has 1 aromatic heterocycles. The predicted octanol–water partition coefficient (Wildman–Crippen LogP) is 0.138. The lowest BCUT2D eigenvalue weighted by Gasteiger charge is -2.34. The Bertz CT molecular complexity index is 436. The summed E-state index contributed by atoms with van der Waals surface area (Å²) in [4.78, 5) is 13.8. The molecule has 7 heteroatoms. The molecule has 1 amide bonds. The van der Waals surface area contributed by atoms with Gasteiger partial charge in [0.1, 0.15) is 0 Å². The molecule has 2 unspecified atom stereocenters. The van der Waals surface area contributed by atoms with Crippen LogP contribution in [0, 0.1) is 0 Å². The average molecular weight is 265 g/mol. The SMILES string of the molecule is CN(C(=O)c1ccc(NN)nn1)C1CCCCC1O. The third-order valence-electron chi connectivity index (χ3n) is 3.54. The van der Waals surface area contributed by atoms with Crippen LogP contribution in [0.5, 0.6) is 0 Å². The van der Waals surface area contributed by atoms with E-state index in [1.807, 2.05) is 0 Å². The van der Waals surface area contributed by atoms with Gasteiger partial charge in [-0.05, 0) is 25.0 Å². The molecule has 1 saturated carbocycles. The lowest BCUT2D eigenvalue weighted by molar-refractivity contribution is 0.0264. The minimum absolute atomic E-state index is 0.143. The van der Waals surface area contributed by atoms with E-state index in [1.54, 1.807) is 24.1 Å². The molecule has 104 valence electrons. The van der Waals surface area contributed by atoms with Crippen LogP contribution in [0.3, 0.4) is 0 Å². The molecule has 1 heterocycles. The van der Waals surface area contributed by atoms with E-state index in [1.165, 1.54) is 0 Å². The van der Waals surface area contributed by atoms with E-state index in [-0.39, 0.29) is 17.6 Å². The van der Waals surface area contributed by atoms with Crippen molar-refractivity contribution in [1.82, 2.24) is 15.1 Å². The molecule has 1 aliphatic rings. The van der Waals surface area contributed by atoms with Crippen molar-refractivity contribution in [3.05, 3.63) is 17.8 Å². The van der Waals surface area contributed by atoms with Crippen LogP contribution in [0.2, 0.25) is 0 Å². The van der Waals surface area contributed by atoms with Gasteiger partial charge in [0.2, 0.25) is 0 Å². The van der Waals surface area contributed by atoms with Crippen LogP contribution in [0.4, 0.5) is 5.82 Å². The Balaban J connectivity index is 2.08. The normalized spacial score (nSPS) is 22.9. The van der Waals surface area contributed by atoms with Crippen molar-refractivity contribution in [3.8, 4) is 0 Å². The van der Waals surface area contributed by atoms with Gasteiger partial charge in [-0.25, -0.2) is 5.84 Å². The number of carbonyl (C=O) groups is 1. The molecule has 0 saturated heterocycles. The second kappa shape index (κ2) is 5.94. The molecule has 0 spiro atoms. The molecule has 2 rings (SSSR count). The second-order valence-electron chi connectivity index (χ2n) is 4.78. The van der Waals surface area contributed by atoms with Gasteiger partial charge in [-0.2, -0.15) is 0 Å². The molecule has 0 radical (unpaired) electrons. The number of carbonyl (C=O) groups excluding carboxylic acids is 1. The van der Waals surface area contributed by atoms with E-state index in [0.717, 1.165) is 25.7 Å². The van der Waals surface area contributed by atoms with E-state index in [4.69, 9.17) is 5.84 Å². The van der Waals surface area contributed by atoms with Gasteiger partial charge >= 0.3 is 0 Å². The van der Waals surface area contributed by atoms with Gasteiger partial charge in [0, 0.05) is 7.05 Å². The molecule has 7 nitrogen and oxygen atoms in total. The first-order valence-electron chi connectivity index (χ1n) is 6.39. The molecular formula is C12H19N5O2. The Morgan fingerprint density at radius 1 is 1.42 bits per heavy atom. The second-order valence-corrected chi connectivity index (χ2v) is 4.78. The molecule has 2 atom stereocenters.